The Morgan fingerprint density at radius 1 is 1.29 bits per heavy atom. The highest BCUT2D eigenvalue weighted by Gasteiger charge is 2.48. The summed E-state index contributed by atoms with van der Waals surface area (Å²) in [6.45, 7) is 1.62. The molecule has 0 saturated carbocycles. The number of aromatic nitrogens is 4. The van der Waals surface area contributed by atoms with Gasteiger partial charge in [0.05, 0.1) is 30.8 Å². The summed E-state index contributed by atoms with van der Waals surface area (Å²) in [5.74, 6) is 0.456. The van der Waals surface area contributed by atoms with Gasteiger partial charge in [-0.3, -0.25) is 4.57 Å². The topological polar surface area (TPSA) is 192 Å². The van der Waals surface area contributed by atoms with E-state index < -0.39 is 50.7 Å². The van der Waals surface area contributed by atoms with Crippen LogP contribution in [0.1, 0.15) is 42.3 Å². The third-order valence-electron chi connectivity index (χ3n) is 7.16. The number of ether oxygens (including phenoxy) is 2. The fourth-order valence-electron chi connectivity index (χ4n) is 4.81. The Labute approximate surface area is 222 Å². The molecule has 13 nitrogen and oxygen atoms in total. The fraction of sp³-hybridized carbons (Fsp3) is 0.522. The van der Waals surface area contributed by atoms with Gasteiger partial charge in [-0.25, -0.2) is 4.68 Å². The standard InChI is InChI=1S/C23H29ClN5O8P/c1-11-3-5-13-12(7-11)4-6-15(13)26-19-14-8-25-29(20(14)28-22(24)27-19)21-18(32)17(31)16(37-21)9-36-23(2,10-30)38(33,34)35/h3,5,7-8,15-18,21,30-32H,4,6,9-10H2,1-2H3,(H,26,27,28)(H2,33,34,35)/t15-,16-,17-,18-,21-,23+/m1/s1. The van der Waals surface area contributed by atoms with E-state index in [2.05, 4.69) is 45.5 Å². The van der Waals surface area contributed by atoms with Gasteiger partial charge in [-0.05, 0) is 49.4 Å². The van der Waals surface area contributed by atoms with Crippen LogP contribution in [0.2, 0.25) is 5.28 Å². The molecule has 2 aromatic heterocycles. The molecular formula is C23H29ClN5O8P. The zero-order valence-corrected chi connectivity index (χ0v) is 22.2. The van der Waals surface area contributed by atoms with Gasteiger partial charge in [0.25, 0.3) is 0 Å². The number of nitrogens with zero attached hydrogens (tertiary/aromatic N) is 4. The second kappa shape index (κ2) is 10.1. The number of halogens is 1. The summed E-state index contributed by atoms with van der Waals surface area (Å²) < 4.78 is 24.0. The number of aryl methyl sites for hydroxylation is 2. The lowest BCUT2D eigenvalue weighted by molar-refractivity contribution is -0.104. The molecule has 6 N–H and O–H groups in total. The first kappa shape index (κ1) is 27.4. The minimum Gasteiger partial charge on any atom is -0.393 e. The van der Waals surface area contributed by atoms with Crippen LogP contribution in [0.15, 0.2) is 24.4 Å². The van der Waals surface area contributed by atoms with Crippen molar-refractivity contribution in [3.8, 4) is 0 Å². The summed E-state index contributed by atoms with van der Waals surface area (Å²) in [6.07, 6.45) is -2.04. The highest BCUT2D eigenvalue weighted by molar-refractivity contribution is 7.53. The van der Waals surface area contributed by atoms with E-state index in [-0.39, 0.29) is 17.0 Å². The molecule has 0 spiro atoms. The maximum absolute atomic E-state index is 11.7. The maximum atomic E-state index is 11.7. The van der Waals surface area contributed by atoms with Crippen molar-refractivity contribution in [1.29, 1.82) is 0 Å². The number of aliphatic hydroxyl groups is 3. The average molecular weight is 570 g/mol. The van der Waals surface area contributed by atoms with Crippen LogP contribution in [0.3, 0.4) is 0 Å². The van der Waals surface area contributed by atoms with E-state index >= 15 is 0 Å². The molecule has 1 fully saturated rings. The molecule has 1 aliphatic heterocycles. The van der Waals surface area contributed by atoms with Crippen molar-refractivity contribution in [3.05, 3.63) is 46.4 Å². The van der Waals surface area contributed by atoms with E-state index in [1.165, 1.54) is 27.6 Å². The van der Waals surface area contributed by atoms with E-state index in [1.807, 2.05) is 0 Å². The molecule has 2 aliphatic rings. The lowest BCUT2D eigenvalue weighted by Crippen LogP contribution is -2.39. The highest BCUT2D eigenvalue weighted by Crippen LogP contribution is 2.51. The van der Waals surface area contributed by atoms with E-state index in [0.717, 1.165) is 19.8 Å². The smallest absolute Gasteiger partial charge is 0.359 e. The molecule has 1 aromatic carbocycles. The number of anilines is 1. The van der Waals surface area contributed by atoms with Gasteiger partial charge in [0.2, 0.25) is 5.28 Å². The number of hydrogen-bond donors (Lipinski definition) is 6. The van der Waals surface area contributed by atoms with Crippen LogP contribution in [0.4, 0.5) is 5.82 Å². The van der Waals surface area contributed by atoms with Gasteiger partial charge < -0.3 is 39.9 Å². The van der Waals surface area contributed by atoms with Crippen LogP contribution in [0.5, 0.6) is 0 Å². The van der Waals surface area contributed by atoms with Crippen molar-refractivity contribution in [2.24, 2.45) is 0 Å². The predicted octanol–water partition coefficient (Wildman–Crippen LogP) is 1.41. The number of benzene rings is 1. The first-order valence-electron chi connectivity index (χ1n) is 12.0. The van der Waals surface area contributed by atoms with E-state index in [0.29, 0.717) is 11.2 Å². The van der Waals surface area contributed by atoms with Crippen LogP contribution in [-0.2, 0) is 20.5 Å². The lowest BCUT2D eigenvalue weighted by atomic mass is 10.1. The highest BCUT2D eigenvalue weighted by atomic mass is 35.5. The molecule has 1 saturated heterocycles. The number of hydrogen-bond acceptors (Lipinski definition) is 10. The van der Waals surface area contributed by atoms with Gasteiger partial charge in [0, 0.05) is 0 Å². The molecule has 3 heterocycles. The summed E-state index contributed by atoms with van der Waals surface area (Å²) in [5.41, 5.74) is 3.90. The van der Waals surface area contributed by atoms with Gasteiger partial charge in [0.1, 0.15) is 24.1 Å². The molecule has 15 heteroatoms. The molecule has 206 valence electrons. The zero-order valence-electron chi connectivity index (χ0n) is 20.6. The monoisotopic (exact) mass is 569 g/mol. The number of rotatable bonds is 8. The van der Waals surface area contributed by atoms with E-state index in [4.69, 9.17) is 21.1 Å². The Morgan fingerprint density at radius 2 is 2.05 bits per heavy atom. The molecule has 0 amide bonds. The summed E-state index contributed by atoms with van der Waals surface area (Å²) in [6, 6.07) is 6.34. The Morgan fingerprint density at radius 3 is 2.76 bits per heavy atom. The first-order valence-corrected chi connectivity index (χ1v) is 14.0. The van der Waals surface area contributed by atoms with Crippen molar-refractivity contribution >= 4 is 36.0 Å². The number of nitrogens with one attached hydrogen (secondary N) is 1. The SMILES string of the molecule is Cc1ccc2c(c1)CC[C@H]2Nc1nc(Cl)nc2c1cnn2[C@@H]1O[C@H](CO[C@](C)(CO)P(=O)(O)O)[C@@H](O)[C@H]1O. The van der Waals surface area contributed by atoms with Crippen molar-refractivity contribution in [1.82, 2.24) is 19.7 Å². The van der Waals surface area contributed by atoms with Gasteiger partial charge in [-0.15, -0.1) is 0 Å². The molecule has 6 atom stereocenters. The summed E-state index contributed by atoms with van der Waals surface area (Å²) in [7, 11) is -4.85. The number of aliphatic hydroxyl groups excluding tert-OH is 3. The van der Waals surface area contributed by atoms with Crippen LogP contribution in [0, 0.1) is 6.92 Å². The van der Waals surface area contributed by atoms with Crippen LogP contribution < -0.4 is 5.32 Å². The van der Waals surface area contributed by atoms with Gasteiger partial charge >= 0.3 is 7.60 Å². The summed E-state index contributed by atoms with van der Waals surface area (Å²) in [5, 5.41) is 36.7. The van der Waals surface area contributed by atoms with Crippen molar-refractivity contribution in [3.63, 3.8) is 0 Å². The summed E-state index contributed by atoms with van der Waals surface area (Å²) >= 11 is 6.24. The van der Waals surface area contributed by atoms with Crippen LogP contribution in [-0.4, -0.2) is 81.7 Å². The predicted molar refractivity (Wildman–Crippen MR) is 136 cm³/mol. The molecule has 3 aromatic rings. The third kappa shape index (κ3) is 4.83. The normalized spacial score (nSPS) is 27.0. The molecule has 38 heavy (non-hydrogen) atoms. The molecule has 0 bridgehead atoms. The summed E-state index contributed by atoms with van der Waals surface area (Å²) in [4.78, 5) is 27.6. The van der Waals surface area contributed by atoms with Gasteiger partial charge in [0.15, 0.2) is 17.2 Å². The van der Waals surface area contributed by atoms with Crippen molar-refractivity contribution < 1.29 is 39.1 Å². The maximum Gasteiger partial charge on any atom is 0.359 e. The van der Waals surface area contributed by atoms with Gasteiger partial charge in [-0.1, -0.05) is 23.8 Å². The molecular weight excluding hydrogens is 541 g/mol. The first-order chi connectivity index (χ1) is 17.9. The van der Waals surface area contributed by atoms with E-state index in [9.17, 15) is 29.7 Å². The average Bonchev–Trinajstić information content (AvgIpc) is 3.53. The van der Waals surface area contributed by atoms with Crippen molar-refractivity contribution in [2.45, 2.75) is 62.6 Å². The van der Waals surface area contributed by atoms with Gasteiger partial charge in [-0.2, -0.15) is 15.1 Å². The Bertz CT molecular complexity index is 1400. The van der Waals surface area contributed by atoms with Crippen molar-refractivity contribution in [2.75, 3.05) is 18.5 Å². The quantitative estimate of drug-likeness (QED) is 0.169. The minimum absolute atomic E-state index is 0.00893. The van der Waals surface area contributed by atoms with Crippen LogP contribution >= 0.6 is 19.2 Å². The minimum atomic E-state index is -4.85. The molecule has 0 unspecified atom stereocenters. The second-order valence-corrected chi connectivity index (χ2v) is 12.2. The molecule has 5 rings (SSSR count). The fourth-order valence-corrected chi connectivity index (χ4v) is 5.40. The largest absolute Gasteiger partial charge is 0.393 e. The van der Waals surface area contributed by atoms with Crippen LogP contribution in [0.25, 0.3) is 11.0 Å². The zero-order chi connectivity index (χ0) is 27.4. The lowest BCUT2D eigenvalue weighted by Gasteiger charge is -2.29. The third-order valence-corrected chi connectivity index (χ3v) is 8.83. The number of fused-ring (bicyclic) bond motifs is 2. The van der Waals surface area contributed by atoms with E-state index in [1.54, 1.807) is 0 Å². The Hall–Kier alpha value is -2.19. The molecule has 0 radical (unpaired) electrons. The molecule has 1 aliphatic carbocycles. The second-order valence-electron chi connectivity index (χ2n) is 9.84. The Kier molecular flexibility index (Phi) is 7.27. The Balaban J connectivity index is 1.39.